The fourth-order valence-corrected chi connectivity index (χ4v) is 4.35. The summed E-state index contributed by atoms with van der Waals surface area (Å²) in [5.41, 5.74) is 0. The molecule has 0 unspecified atom stereocenters. The Balaban J connectivity index is 2.58. The molecule has 0 atom stereocenters. The summed E-state index contributed by atoms with van der Waals surface area (Å²) in [7, 11) is 1.65. The molecular weight excluding hydrogens is 463 g/mol. The molecule has 8 heteroatoms. The maximum absolute atomic E-state index is 10.7. The van der Waals surface area contributed by atoms with Gasteiger partial charge in [0.2, 0.25) is 9.05 Å². The molecule has 96 valence electrons. The Morgan fingerprint density at radius 1 is 1.18 bits per heavy atom. The van der Waals surface area contributed by atoms with E-state index in [0.29, 0.717) is 12.2 Å². The van der Waals surface area contributed by atoms with E-state index < -0.39 is 9.05 Å². The molecule has 1 aromatic rings. The first-order valence-electron chi connectivity index (χ1n) is 4.49. The molecule has 0 bridgehead atoms. The second-order valence-corrected chi connectivity index (χ2v) is 8.66. The van der Waals surface area contributed by atoms with Crippen molar-refractivity contribution < 1.29 is 13.2 Å². The van der Waals surface area contributed by atoms with Crippen LogP contribution in [0.2, 0.25) is 0 Å². The van der Waals surface area contributed by atoms with Gasteiger partial charge in [0.15, 0.2) is 0 Å². The molecule has 0 radical (unpaired) electrons. The Kier molecular flexibility index (Phi) is 6.25. The number of hydrogen-bond acceptors (Lipinski definition) is 3. The van der Waals surface area contributed by atoms with Gasteiger partial charge in [0.1, 0.15) is 5.75 Å². The second kappa shape index (κ2) is 6.75. The van der Waals surface area contributed by atoms with E-state index in [1.807, 2.05) is 12.1 Å². The smallest absolute Gasteiger partial charge is 0.232 e. The van der Waals surface area contributed by atoms with Crippen LogP contribution in [0.25, 0.3) is 0 Å². The van der Waals surface area contributed by atoms with Crippen molar-refractivity contribution >= 4 is 67.5 Å². The van der Waals surface area contributed by atoms with Gasteiger partial charge in [0.05, 0.1) is 21.3 Å². The summed E-state index contributed by atoms with van der Waals surface area (Å²) in [6, 6.07) is 3.69. The lowest BCUT2D eigenvalue weighted by molar-refractivity contribution is 0.314. The van der Waals surface area contributed by atoms with Gasteiger partial charge < -0.3 is 4.74 Å². The summed E-state index contributed by atoms with van der Waals surface area (Å²) in [6.45, 7) is 0.283. The van der Waals surface area contributed by atoms with Gasteiger partial charge in [-0.3, -0.25) is 0 Å². The molecule has 0 aliphatic carbocycles. The Hall–Kier alpha value is 0.700. The predicted molar refractivity (Wildman–Crippen MR) is 79.3 cm³/mol. The highest BCUT2D eigenvalue weighted by molar-refractivity contribution is 9.11. The first-order valence-corrected chi connectivity index (χ1v) is 9.35. The molecule has 0 fully saturated rings. The zero-order valence-corrected chi connectivity index (χ0v) is 14.8. The molecule has 0 spiro atoms. The Bertz CT molecular complexity index is 481. The van der Waals surface area contributed by atoms with Gasteiger partial charge in [-0.15, -0.1) is 0 Å². The van der Waals surface area contributed by atoms with E-state index >= 15 is 0 Å². The van der Waals surface area contributed by atoms with Crippen LogP contribution < -0.4 is 4.74 Å². The highest BCUT2D eigenvalue weighted by Gasteiger charge is 2.09. The summed E-state index contributed by atoms with van der Waals surface area (Å²) < 4.78 is 29.4. The molecule has 1 rings (SSSR count). The molecule has 1 aromatic carbocycles. The van der Waals surface area contributed by atoms with Gasteiger partial charge in [-0.1, -0.05) is 15.9 Å². The van der Waals surface area contributed by atoms with Crippen molar-refractivity contribution in [2.75, 3.05) is 12.4 Å². The molecule has 0 amide bonds. The molecular formula is C9H8Br3ClO3S. The first-order chi connectivity index (χ1) is 7.79. The zero-order valence-electron chi connectivity index (χ0n) is 8.42. The maximum atomic E-state index is 10.7. The largest absolute Gasteiger partial charge is 0.491 e. The van der Waals surface area contributed by atoms with Crippen LogP contribution in [0.1, 0.15) is 6.42 Å². The lowest BCUT2D eigenvalue weighted by Gasteiger charge is -2.10. The molecule has 0 saturated carbocycles. The van der Waals surface area contributed by atoms with Crippen molar-refractivity contribution in [1.29, 1.82) is 0 Å². The standard InChI is InChI=1S/C9H8Br3ClO3S/c10-6-4-7(11)9(8(12)5-6)16-2-1-3-17(13,14)15/h4-5H,1-3H2. The van der Waals surface area contributed by atoms with E-state index in [1.54, 1.807) is 0 Å². The summed E-state index contributed by atoms with van der Waals surface area (Å²) in [6.07, 6.45) is 0.348. The van der Waals surface area contributed by atoms with Gasteiger partial charge in [-0.05, 0) is 50.4 Å². The topological polar surface area (TPSA) is 43.4 Å². The summed E-state index contributed by atoms with van der Waals surface area (Å²) in [5.74, 6) is 0.542. The molecule has 0 heterocycles. The van der Waals surface area contributed by atoms with Gasteiger partial charge in [-0.25, -0.2) is 8.42 Å². The predicted octanol–water partition coefficient (Wildman–Crippen LogP) is 4.31. The molecule has 0 aliphatic rings. The van der Waals surface area contributed by atoms with Crippen LogP contribution in [0.4, 0.5) is 0 Å². The van der Waals surface area contributed by atoms with Crippen LogP contribution in [0.5, 0.6) is 5.75 Å². The lowest BCUT2D eigenvalue weighted by Crippen LogP contribution is -2.05. The Morgan fingerprint density at radius 2 is 1.71 bits per heavy atom. The van der Waals surface area contributed by atoms with Crippen LogP contribution in [-0.2, 0) is 9.05 Å². The monoisotopic (exact) mass is 468 g/mol. The zero-order chi connectivity index (χ0) is 13.1. The SMILES string of the molecule is O=S(=O)(Cl)CCCOc1c(Br)cc(Br)cc1Br. The van der Waals surface area contributed by atoms with Crippen molar-refractivity contribution in [3.05, 3.63) is 25.6 Å². The minimum absolute atomic E-state index is 0.0969. The normalized spacial score (nSPS) is 11.5. The van der Waals surface area contributed by atoms with Crippen molar-refractivity contribution in [2.24, 2.45) is 0 Å². The first kappa shape index (κ1) is 15.8. The number of benzene rings is 1. The van der Waals surface area contributed by atoms with Gasteiger partial charge in [-0.2, -0.15) is 0 Å². The molecule has 0 saturated heterocycles. The third-order valence-corrected chi connectivity index (χ3v) is 4.62. The van der Waals surface area contributed by atoms with Crippen molar-refractivity contribution in [3.8, 4) is 5.75 Å². The van der Waals surface area contributed by atoms with Crippen molar-refractivity contribution in [1.82, 2.24) is 0 Å². The fraction of sp³-hybridized carbons (Fsp3) is 0.333. The summed E-state index contributed by atoms with van der Waals surface area (Å²) >= 11 is 10.1. The van der Waals surface area contributed by atoms with Crippen molar-refractivity contribution in [2.45, 2.75) is 6.42 Å². The number of hydrogen-bond donors (Lipinski definition) is 0. The summed E-state index contributed by atoms with van der Waals surface area (Å²) in [4.78, 5) is 0. The van der Waals surface area contributed by atoms with Gasteiger partial charge in [0.25, 0.3) is 0 Å². The lowest BCUT2D eigenvalue weighted by atomic mass is 10.3. The third kappa shape index (κ3) is 5.92. The van der Waals surface area contributed by atoms with E-state index in [1.165, 1.54) is 0 Å². The second-order valence-electron chi connectivity index (χ2n) is 3.14. The average Bonchev–Trinajstić information content (AvgIpc) is 2.13. The minimum atomic E-state index is -3.44. The highest BCUT2D eigenvalue weighted by Crippen LogP contribution is 2.36. The molecule has 3 nitrogen and oxygen atoms in total. The van der Waals surface area contributed by atoms with E-state index in [4.69, 9.17) is 15.4 Å². The van der Waals surface area contributed by atoms with E-state index in [0.717, 1.165) is 13.4 Å². The third-order valence-electron chi connectivity index (χ3n) is 1.74. The fourth-order valence-electron chi connectivity index (χ4n) is 1.07. The summed E-state index contributed by atoms with van der Waals surface area (Å²) in [5, 5.41) is 0. The van der Waals surface area contributed by atoms with E-state index in [2.05, 4.69) is 47.8 Å². The number of ether oxygens (including phenoxy) is 1. The molecule has 0 aliphatic heterocycles. The number of rotatable bonds is 5. The molecule has 0 N–H and O–H groups in total. The van der Waals surface area contributed by atoms with E-state index in [-0.39, 0.29) is 12.4 Å². The average molecular weight is 471 g/mol. The highest BCUT2D eigenvalue weighted by atomic mass is 79.9. The maximum Gasteiger partial charge on any atom is 0.232 e. The molecule has 0 aromatic heterocycles. The van der Waals surface area contributed by atoms with Gasteiger partial charge >= 0.3 is 0 Å². The van der Waals surface area contributed by atoms with Gasteiger partial charge in [0, 0.05) is 15.2 Å². The van der Waals surface area contributed by atoms with Crippen molar-refractivity contribution in [3.63, 3.8) is 0 Å². The number of halogens is 4. The Labute approximate surface area is 130 Å². The van der Waals surface area contributed by atoms with Crippen LogP contribution in [0, 0.1) is 0 Å². The quantitative estimate of drug-likeness (QED) is 0.475. The van der Waals surface area contributed by atoms with E-state index in [9.17, 15) is 8.42 Å². The van der Waals surface area contributed by atoms with Crippen LogP contribution >= 0.6 is 58.5 Å². The van der Waals surface area contributed by atoms with Crippen LogP contribution in [0.3, 0.4) is 0 Å². The molecule has 17 heavy (non-hydrogen) atoms. The van der Waals surface area contributed by atoms with Crippen LogP contribution in [0.15, 0.2) is 25.6 Å². The van der Waals surface area contributed by atoms with Crippen LogP contribution in [-0.4, -0.2) is 20.8 Å². The Morgan fingerprint density at radius 3 is 2.18 bits per heavy atom. The minimum Gasteiger partial charge on any atom is -0.491 e.